The highest BCUT2D eigenvalue weighted by Gasteiger charge is 2.35. The molecule has 0 unspecified atom stereocenters. The Morgan fingerprint density at radius 2 is 1.74 bits per heavy atom. The predicted octanol–water partition coefficient (Wildman–Crippen LogP) is 4.19. The normalized spacial score (nSPS) is 17.2. The van der Waals surface area contributed by atoms with E-state index >= 15 is 0 Å². The maximum atomic E-state index is 12.7. The number of carbonyl (C=O) groups excluding carboxylic acids is 1. The summed E-state index contributed by atoms with van der Waals surface area (Å²) in [6, 6.07) is 4.81. The van der Waals surface area contributed by atoms with Gasteiger partial charge in [0, 0.05) is 0 Å². The summed E-state index contributed by atoms with van der Waals surface area (Å²) >= 11 is 0. The zero-order chi connectivity index (χ0) is 13.9. The first-order valence-electron chi connectivity index (χ1n) is 6.36. The van der Waals surface area contributed by atoms with Crippen molar-refractivity contribution in [1.29, 1.82) is 0 Å². The number of ether oxygens (including phenoxy) is 1. The second-order valence-electron chi connectivity index (χ2n) is 4.75. The molecular weight excluding hydrogens is 257 g/mol. The minimum absolute atomic E-state index is 0.268. The molecule has 19 heavy (non-hydrogen) atoms. The molecule has 1 aromatic carbocycles. The van der Waals surface area contributed by atoms with Crippen LogP contribution in [0.15, 0.2) is 24.3 Å². The Kier molecular flexibility index (Phi) is 4.12. The zero-order valence-corrected chi connectivity index (χ0v) is 10.4. The summed E-state index contributed by atoms with van der Waals surface area (Å²) in [4.78, 5) is 11.9. The van der Waals surface area contributed by atoms with Gasteiger partial charge in [-0.2, -0.15) is 13.2 Å². The van der Waals surface area contributed by atoms with Crippen molar-refractivity contribution < 1.29 is 22.7 Å². The first-order valence-corrected chi connectivity index (χ1v) is 6.36. The highest BCUT2D eigenvalue weighted by molar-refractivity contribution is 5.75. The molecule has 0 aliphatic heterocycles. The van der Waals surface area contributed by atoms with Crippen molar-refractivity contribution >= 4 is 5.97 Å². The van der Waals surface area contributed by atoms with E-state index in [2.05, 4.69) is 0 Å². The van der Waals surface area contributed by atoms with Gasteiger partial charge in [0.2, 0.25) is 0 Å². The molecule has 1 aliphatic rings. The van der Waals surface area contributed by atoms with Crippen LogP contribution in [-0.2, 0) is 11.0 Å². The van der Waals surface area contributed by atoms with Crippen LogP contribution in [0.1, 0.15) is 37.7 Å². The molecule has 1 aromatic rings. The van der Waals surface area contributed by atoms with Crippen molar-refractivity contribution in [3.63, 3.8) is 0 Å². The van der Waals surface area contributed by atoms with Gasteiger partial charge in [0.05, 0.1) is 11.5 Å². The molecule has 0 bridgehead atoms. The third-order valence-electron chi connectivity index (χ3n) is 3.34. The fourth-order valence-electron chi connectivity index (χ4n) is 2.32. The standard InChI is InChI=1S/C14H15F3O2/c15-14(16,17)11-8-4-5-9-12(11)19-13(18)10-6-2-1-3-7-10/h4-5,8-10H,1-3,6-7H2. The van der Waals surface area contributed by atoms with E-state index in [4.69, 9.17) is 4.74 Å². The largest absolute Gasteiger partial charge is 0.426 e. The quantitative estimate of drug-likeness (QED) is 0.596. The number of halogens is 3. The van der Waals surface area contributed by atoms with Crippen molar-refractivity contribution in [2.45, 2.75) is 38.3 Å². The Morgan fingerprint density at radius 1 is 1.11 bits per heavy atom. The number of alkyl halides is 3. The molecule has 0 spiro atoms. The van der Waals surface area contributed by atoms with Gasteiger partial charge in [-0.1, -0.05) is 31.4 Å². The number of esters is 1. The monoisotopic (exact) mass is 272 g/mol. The van der Waals surface area contributed by atoms with Gasteiger partial charge in [-0.3, -0.25) is 4.79 Å². The smallest absolute Gasteiger partial charge is 0.419 e. The first kappa shape index (κ1) is 13.9. The van der Waals surface area contributed by atoms with Gasteiger partial charge < -0.3 is 4.74 Å². The van der Waals surface area contributed by atoms with Crippen LogP contribution in [0.3, 0.4) is 0 Å². The lowest BCUT2D eigenvalue weighted by atomic mass is 9.89. The summed E-state index contributed by atoms with van der Waals surface area (Å²) in [5, 5.41) is 0. The predicted molar refractivity (Wildman–Crippen MR) is 63.7 cm³/mol. The summed E-state index contributed by atoms with van der Waals surface area (Å²) < 4.78 is 43.2. The fraction of sp³-hybridized carbons (Fsp3) is 0.500. The molecule has 2 rings (SSSR count). The van der Waals surface area contributed by atoms with Crippen LogP contribution in [0.4, 0.5) is 13.2 Å². The summed E-state index contributed by atoms with van der Waals surface area (Å²) in [7, 11) is 0. The molecule has 104 valence electrons. The summed E-state index contributed by atoms with van der Waals surface area (Å²) in [6.07, 6.45) is -0.173. The van der Waals surface area contributed by atoms with E-state index in [1.165, 1.54) is 18.2 Å². The number of benzene rings is 1. The maximum Gasteiger partial charge on any atom is 0.419 e. The van der Waals surface area contributed by atoms with E-state index in [-0.39, 0.29) is 5.92 Å². The van der Waals surface area contributed by atoms with Crippen LogP contribution in [0.25, 0.3) is 0 Å². The Bertz CT molecular complexity index is 448. The molecule has 1 fully saturated rings. The molecule has 0 N–H and O–H groups in total. The zero-order valence-electron chi connectivity index (χ0n) is 10.4. The fourth-order valence-corrected chi connectivity index (χ4v) is 2.32. The van der Waals surface area contributed by atoms with Crippen LogP contribution in [0.5, 0.6) is 5.75 Å². The molecule has 5 heteroatoms. The van der Waals surface area contributed by atoms with Gasteiger partial charge in [0.15, 0.2) is 0 Å². The average Bonchev–Trinajstić information content (AvgIpc) is 2.39. The van der Waals surface area contributed by atoms with Crippen molar-refractivity contribution in [1.82, 2.24) is 0 Å². The summed E-state index contributed by atoms with van der Waals surface area (Å²) in [5.74, 6) is -1.21. The SMILES string of the molecule is O=C(Oc1ccccc1C(F)(F)F)C1CCCCC1. The molecule has 0 amide bonds. The highest BCUT2D eigenvalue weighted by Crippen LogP contribution is 2.36. The molecule has 0 saturated heterocycles. The Balaban J connectivity index is 2.12. The van der Waals surface area contributed by atoms with E-state index in [1.54, 1.807) is 0 Å². The minimum Gasteiger partial charge on any atom is -0.426 e. The van der Waals surface area contributed by atoms with Crippen LogP contribution in [0, 0.1) is 5.92 Å². The topological polar surface area (TPSA) is 26.3 Å². The summed E-state index contributed by atoms with van der Waals surface area (Å²) in [5.41, 5.74) is -0.904. The van der Waals surface area contributed by atoms with Crippen LogP contribution >= 0.6 is 0 Å². The lowest BCUT2D eigenvalue weighted by Gasteiger charge is -2.20. The third kappa shape index (κ3) is 3.49. The van der Waals surface area contributed by atoms with Gasteiger partial charge in [-0.25, -0.2) is 0 Å². The number of rotatable bonds is 2. The first-order chi connectivity index (χ1) is 8.98. The van der Waals surface area contributed by atoms with Gasteiger partial charge in [-0.05, 0) is 25.0 Å². The van der Waals surface area contributed by atoms with E-state index in [9.17, 15) is 18.0 Å². The van der Waals surface area contributed by atoms with Gasteiger partial charge in [0.1, 0.15) is 5.75 Å². The number of para-hydroxylation sites is 1. The van der Waals surface area contributed by atoms with Crippen LogP contribution in [0.2, 0.25) is 0 Å². The van der Waals surface area contributed by atoms with Gasteiger partial charge >= 0.3 is 12.1 Å². The van der Waals surface area contributed by atoms with Gasteiger partial charge in [-0.15, -0.1) is 0 Å². The molecule has 0 radical (unpaired) electrons. The molecule has 1 saturated carbocycles. The van der Waals surface area contributed by atoms with E-state index < -0.39 is 23.5 Å². The lowest BCUT2D eigenvalue weighted by molar-refractivity contribution is -0.145. The Morgan fingerprint density at radius 3 is 2.37 bits per heavy atom. The molecule has 0 heterocycles. The second-order valence-corrected chi connectivity index (χ2v) is 4.75. The molecule has 2 nitrogen and oxygen atoms in total. The molecule has 0 aromatic heterocycles. The van der Waals surface area contributed by atoms with Gasteiger partial charge in [0.25, 0.3) is 0 Å². The highest BCUT2D eigenvalue weighted by atomic mass is 19.4. The molecule has 0 atom stereocenters. The molecular formula is C14H15F3O2. The maximum absolute atomic E-state index is 12.7. The van der Waals surface area contributed by atoms with Crippen molar-refractivity contribution in [2.24, 2.45) is 5.92 Å². The van der Waals surface area contributed by atoms with Crippen LogP contribution in [-0.4, -0.2) is 5.97 Å². The Labute approximate surface area is 109 Å². The van der Waals surface area contributed by atoms with Crippen molar-refractivity contribution in [3.05, 3.63) is 29.8 Å². The number of carbonyl (C=O) groups is 1. The second kappa shape index (κ2) is 5.63. The van der Waals surface area contributed by atoms with E-state index in [0.29, 0.717) is 12.8 Å². The minimum atomic E-state index is -4.51. The number of hydrogen-bond acceptors (Lipinski definition) is 2. The lowest BCUT2D eigenvalue weighted by Crippen LogP contribution is -2.23. The third-order valence-corrected chi connectivity index (χ3v) is 3.34. The van der Waals surface area contributed by atoms with Crippen LogP contribution < -0.4 is 4.74 Å². The van der Waals surface area contributed by atoms with E-state index in [1.807, 2.05) is 0 Å². The van der Waals surface area contributed by atoms with Crippen molar-refractivity contribution in [3.8, 4) is 5.75 Å². The van der Waals surface area contributed by atoms with Crippen molar-refractivity contribution in [2.75, 3.05) is 0 Å². The number of hydrogen-bond donors (Lipinski definition) is 0. The average molecular weight is 272 g/mol. The Hall–Kier alpha value is -1.52. The summed E-state index contributed by atoms with van der Waals surface area (Å²) in [6.45, 7) is 0. The van der Waals surface area contributed by atoms with E-state index in [0.717, 1.165) is 25.3 Å². The molecule has 1 aliphatic carbocycles.